The van der Waals surface area contributed by atoms with Crippen LogP contribution in [0.15, 0.2) is 29.5 Å². The molecule has 2 atom stereocenters. The minimum Gasteiger partial charge on any atom is -0.266 e. The van der Waals surface area contributed by atoms with Gasteiger partial charge in [-0.2, -0.15) is 5.10 Å². The molecule has 0 spiro atoms. The highest BCUT2D eigenvalue weighted by Gasteiger charge is 2.23. The summed E-state index contributed by atoms with van der Waals surface area (Å²) >= 11 is 0. The monoisotopic (exact) mass is 245 g/mol. The Morgan fingerprint density at radius 3 is 2.67 bits per heavy atom. The first-order valence-electron chi connectivity index (χ1n) is 6.47. The molecule has 1 saturated carbocycles. The fraction of sp³-hybridized carbons (Fsp3) is 0.500. The Labute approximate surface area is 108 Å². The Balaban J connectivity index is 2.03. The highest BCUT2D eigenvalue weighted by Crippen LogP contribution is 2.25. The molecule has 4 heteroatoms. The van der Waals surface area contributed by atoms with Gasteiger partial charge in [0.05, 0.1) is 0 Å². The maximum atomic E-state index is 11.8. The molecule has 1 aliphatic carbocycles. The first-order valence-corrected chi connectivity index (χ1v) is 6.47. The van der Waals surface area contributed by atoms with Crippen molar-refractivity contribution in [3.8, 4) is 0 Å². The van der Waals surface area contributed by atoms with Gasteiger partial charge in [0, 0.05) is 11.9 Å². The second-order valence-electron chi connectivity index (χ2n) is 4.93. The van der Waals surface area contributed by atoms with Gasteiger partial charge >= 0.3 is 0 Å². The first kappa shape index (κ1) is 12.7. The Kier molecular flexibility index (Phi) is 4.07. The minimum atomic E-state index is -0.243. The minimum absolute atomic E-state index is 0.243. The van der Waals surface area contributed by atoms with E-state index in [1.807, 2.05) is 0 Å². The molecule has 96 valence electrons. The number of carbonyl (C=O) groups excluding carboxylic acids is 1. The van der Waals surface area contributed by atoms with E-state index in [0.29, 0.717) is 17.5 Å². The number of aromatic nitrogens is 1. The van der Waals surface area contributed by atoms with E-state index >= 15 is 0 Å². The van der Waals surface area contributed by atoms with Gasteiger partial charge in [0.25, 0.3) is 5.91 Å². The van der Waals surface area contributed by atoms with Gasteiger partial charge in [0.15, 0.2) is 0 Å². The van der Waals surface area contributed by atoms with Crippen LogP contribution in [0.4, 0.5) is 0 Å². The Morgan fingerprint density at radius 1 is 1.33 bits per heavy atom. The van der Waals surface area contributed by atoms with Crippen LogP contribution in [0.2, 0.25) is 0 Å². The van der Waals surface area contributed by atoms with Crippen molar-refractivity contribution in [3.63, 3.8) is 0 Å². The fourth-order valence-electron chi connectivity index (χ4n) is 2.40. The van der Waals surface area contributed by atoms with Gasteiger partial charge in [-0.25, -0.2) is 5.43 Å². The van der Waals surface area contributed by atoms with Crippen molar-refractivity contribution in [2.45, 2.75) is 33.1 Å². The van der Waals surface area contributed by atoms with Crippen molar-refractivity contribution in [2.75, 3.05) is 0 Å². The van der Waals surface area contributed by atoms with Gasteiger partial charge in [0.2, 0.25) is 0 Å². The van der Waals surface area contributed by atoms with Crippen LogP contribution in [-0.2, 0) is 0 Å². The van der Waals surface area contributed by atoms with E-state index in [1.54, 1.807) is 24.4 Å². The van der Waals surface area contributed by atoms with E-state index in [1.165, 1.54) is 6.42 Å². The van der Waals surface area contributed by atoms with Crippen molar-refractivity contribution in [2.24, 2.45) is 16.9 Å². The molecule has 1 amide bonds. The number of hydrogen-bond donors (Lipinski definition) is 1. The normalized spacial score (nSPS) is 23.6. The smallest absolute Gasteiger partial charge is 0.266 e. The molecule has 1 heterocycles. The summed E-state index contributed by atoms with van der Waals surface area (Å²) in [5.41, 5.74) is 4.12. The summed E-state index contributed by atoms with van der Waals surface area (Å²) < 4.78 is 0. The zero-order chi connectivity index (χ0) is 13.0. The number of hydrazone groups is 1. The van der Waals surface area contributed by atoms with Crippen molar-refractivity contribution >= 4 is 11.6 Å². The molecule has 4 nitrogen and oxygen atoms in total. The summed E-state index contributed by atoms with van der Waals surface area (Å²) in [4.78, 5) is 15.8. The van der Waals surface area contributed by atoms with Crippen LogP contribution >= 0.6 is 0 Å². The van der Waals surface area contributed by atoms with Crippen LogP contribution in [0, 0.1) is 11.8 Å². The van der Waals surface area contributed by atoms with Gasteiger partial charge in [0.1, 0.15) is 5.69 Å². The molecule has 1 aliphatic rings. The molecule has 0 saturated heterocycles. The molecule has 1 fully saturated rings. The molecule has 0 bridgehead atoms. The van der Waals surface area contributed by atoms with E-state index < -0.39 is 0 Å². The lowest BCUT2D eigenvalue weighted by Gasteiger charge is -2.26. The third-order valence-electron chi connectivity index (χ3n) is 3.47. The van der Waals surface area contributed by atoms with Crippen LogP contribution in [0.1, 0.15) is 43.6 Å². The SMILES string of the molecule is C[C@@H]1CCC[C@@H](C)C1=NNC(=O)c1ccccn1. The Morgan fingerprint density at radius 2 is 2.06 bits per heavy atom. The average molecular weight is 245 g/mol. The van der Waals surface area contributed by atoms with Gasteiger partial charge in [-0.15, -0.1) is 0 Å². The van der Waals surface area contributed by atoms with Crippen LogP contribution in [-0.4, -0.2) is 16.6 Å². The van der Waals surface area contributed by atoms with Gasteiger partial charge in [-0.1, -0.05) is 26.3 Å². The molecule has 18 heavy (non-hydrogen) atoms. The number of carbonyl (C=O) groups is 1. The van der Waals surface area contributed by atoms with Crippen LogP contribution < -0.4 is 5.43 Å². The van der Waals surface area contributed by atoms with E-state index in [4.69, 9.17) is 0 Å². The molecule has 0 aromatic carbocycles. The molecular formula is C14H19N3O. The summed E-state index contributed by atoms with van der Waals surface area (Å²) in [7, 11) is 0. The van der Waals surface area contributed by atoms with E-state index in [2.05, 4.69) is 29.4 Å². The number of nitrogens with zero attached hydrogens (tertiary/aromatic N) is 2. The summed E-state index contributed by atoms with van der Waals surface area (Å²) in [6, 6.07) is 5.26. The maximum Gasteiger partial charge on any atom is 0.289 e. The first-order chi connectivity index (χ1) is 8.68. The topological polar surface area (TPSA) is 54.4 Å². The number of nitrogens with one attached hydrogen (secondary N) is 1. The number of rotatable bonds is 2. The maximum absolute atomic E-state index is 11.8. The molecule has 1 N–H and O–H groups in total. The highest BCUT2D eigenvalue weighted by molar-refractivity contribution is 5.94. The fourth-order valence-corrected chi connectivity index (χ4v) is 2.40. The summed E-state index contributed by atoms with van der Waals surface area (Å²) in [6.07, 6.45) is 5.16. The predicted octanol–water partition coefficient (Wildman–Crippen LogP) is 2.62. The lowest BCUT2D eigenvalue weighted by atomic mass is 9.81. The summed E-state index contributed by atoms with van der Waals surface area (Å²) in [5.74, 6) is 0.670. The summed E-state index contributed by atoms with van der Waals surface area (Å²) in [6.45, 7) is 4.34. The zero-order valence-corrected chi connectivity index (χ0v) is 10.9. The second kappa shape index (κ2) is 5.76. The third kappa shape index (κ3) is 2.94. The largest absolute Gasteiger partial charge is 0.289 e. The molecule has 0 unspecified atom stereocenters. The predicted molar refractivity (Wildman–Crippen MR) is 71.3 cm³/mol. The van der Waals surface area contributed by atoms with Crippen molar-refractivity contribution in [1.29, 1.82) is 0 Å². The van der Waals surface area contributed by atoms with Crippen LogP contribution in [0.25, 0.3) is 0 Å². The highest BCUT2D eigenvalue weighted by atomic mass is 16.2. The lowest BCUT2D eigenvalue weighted by molar-refractivity contribution is 0.0949. The molecule has 0 radical (unpaired) electrons. The Bertz CT molecular complexity index is 430. The van der Waals surface area contributed by atoms with E-state index in [9.17, 15) is 4.79 Å². The average Bonchev–Trinajstić information content (AvgIpc) is 2.39. The molecule has 0 aliphatic heterocycles. The Hall–Kier alpha value is -1.71. The molecule has 1 aromatic heterocycles. The molecule has 1 aromatic rings. The van der Waals surface area contributed by atoms with Crippen LogP contribution in [0.3, 0.4) is 0 Å². The zero-order valence-electron chi connectivity index (χ0n) is 10.9. The number of pyridine rings is 1. The van der Waals surface area contributed by atoms with E-state index in [-0.39, 0.29) is 5.91 Å². The number of amides is 1. The van der Waals surface area contributed by atoms with Gasteiger partial charge < -0.3 is 0 Å². The van der Waals surface area contributed by atoms with Gasteiger partial charge in [-0.05, 0) is 36.8 Å². The van der Waals surface area contributed by atoms with Crippen molar-refractivity contribution in [1.82, 2.24) is 10.4 Å². The lowest BCUT2D eigenvalue weighted by Crippen LogP contribution is -2.29. The quantitative estimate of drug-likeness (QED) is 0.814. The number of hydrogen-bond acceptors (Lipinski definition) is 3. The second-order valence-corrected chi connectivity index (χ2v) is 4.93. The van der Waals surface area contributed by atoms with Crippen molar-refractivity contribution < 1.29 is 4.79 Å². The summed E-state index contributed by atoms with van der Waals surface area (Å²) in [5, 5.41) is 4.30. The standard InChI is InChI=1S/C14H19N3O/c1-10-6-5-7-11(2)13(10)16-17-14(18)12-8-3-4-9-15-12/h3-4,8-11H,5-7H2,1-2H3,(H,17,18)/t10-,11-/m1/s1. The van der Waals surface area contributed by atoms with E-state index in [0.717, 1.165) is 18.6 Å². The molecule has 2 rings (SSSR count). The van der Waals surface area contributed by atoms with Gasteiger partial charge in [-0.3, -0.25) is 9.78 Å². The third-order valence-corrected chi connectivity index (χ3v) is 3.47. The molecular weight excluding hydrogens is 226 g/mol. The van der Waals surface area contributed by atoms with Crippen LogP contribution in [0.5, 0.6) is 0 Å². The van der Waals surface area contributed by atoms with Crippen molar-refractivity contribution in [3.05, 3.63) is 30.1 Å².